The highest BCUT2D eigenvalue weighted by Gasteiger charge is 2.29. The predicted molar refractivity (Wildman–Crippen MR) is 115 cm³/mol. The third kappa shape index (κ3) is 4.78. The second kappa shape index (κ2) is 8.68. The molecule has 1 aliphatic carbocycles. The summed E-state index contributed by atoms with van der Waals surface area (Å²) in [5, 5.41) is 3.05. The molecule has 1 saturated carbocycles. The van der Waals surface area contributed by atoms with Gasteiger partial charge in [0.15, 0.2) is 0 Å². The molecule has 1 amide bonds. The van der Waals surface area contributed by atoms with Crippen molar-refractivity contribution in [1.82, 2.24) is 14.9 Å². The number of aryl methyl sites for hydroxylation is 3. The van der Waals surface area contributed by atoms with Crippen LogP contribution in [0.5, 0.6) is 5.75 Å². The molecule has 1 N–H and O–H groups in total. The normalized spacial score (nSPS) is 13.6. The largest absolute Gasteiger partial charge is 0.493 e. The number of hydrogen-bond acceptors (Lipinski definition) is 3. The zero-order valence-electron chi connectivity index (χ0n) is 17.3. The number of nitrogens with one attached hydrogen (secondary N) is 1. The molecule has 0 radical (unpaired) electrons. The smallest absolute Gasteiger partial charge is 0.223 e. The first-order valence-electron chi connectivity index (χ1n) is 10.5. The van der Waals surface area contributed by atoms with Crippen molar-refractivity contribution >= 4 is 16.9 Å². The maximum atomic E-state index is 11.9. The van der Waals surface area contributed by atoms with Crippen LogP contribution in [0.15, 0.2) is 42.5 Å². The monoisotopic (exact) mass is 391 g/mol. The van der Waals surface area contributed by atoms with Gasteiger partial charge in [-0.3, -0.25) is 4.79 Å². The molecule has 0 aliphatic heterocycles. The number of aromatic nitrogens is 2. The quantitative estimate of drug-likeness (QED) is 0.557. The van der Waals surface area contributed by atoms with Gasteiger partial charge in [-0.05, 0) is 62.4 Å². The number of para-hydroxylation sites is 2. The minimum absolute atomic E-state index is 0.189. The molecule has 152 valence electrons. The van der Waals surface area contributed by atoms with Gasteiger partial charge < -0.3 is 14.6 Å². The zero-order chi connectivity index (χ0) is 20.2. The van der Waals surface area contributed by atoms with Crippen molar-refractivity contribution in [3.05, 3.63) is 59.4 Å². The molecule has 4 rings (SSSR count). The van der Waals surface area contributed by atoms with Gasteiger partial charge in [0.05, 0.1) is 17.6 Å². The molecule has 0 atom stereocenters. The summed E-state index contributed by atoms with van der Waals surface area (Å²) in [4.78, 5) is 16.7. The van der Waals surface area contributed by atoms with Crippen LogP contribution < -0.4 is 10.1 Å². The van der Waals surface area contributed by atoms with Crippen molar-refractivity contribution in [2.75, 3.05) is 13.2 Å². The lowest BCUT2D eigenvalue weighted by Crippen LogP contribution is -2.27. The molecule has 3 aromatic rings. The van der Waals surface area contributed by atoms with Gasteiger partial charge in [0.2, 0.25) is 5.91 Å². The Labute approximate surface area is 172 Å². The predicted octanol–water partition coefficient (Wildman–Crippen LogP) is 4.19. The Morgan fingerprint density at radius 3 is 2.86 bits per heavy atom. The molecule has 1 fully saturated rings. The summed E-state index contributed by atoms with van der Waals surface area (Å²) in [6.07, 6.45) is 3.70. The minimum Gasteiger partial charge on any atom is -0.493 e. The Balaban J connectivity index is 1.38. The number of carbonyl (C=O) groups is 1. The van der Waals surface area contributed by atoms with Crippen LogP contribution in [0.1, 0.15) is 36.2 Å². The molecular weight excluding hydrogens is 362 g/mol. The van der Waals surface area contributed by atoms with Gasteiger partial charge in [0, 0.05) is 25.4 Å². The second-order valence-corrected chi connectivity index (χ2v) is 7.95. The number of carbonyl (C=O) groups excluding carboxylic acids is 1. The van der Waals surface area contributed by atoms with E-state index in [0.29, 0.717) is 13.2 Å². The first-order chi connectivity index (χ1) is 14.1. The molecule has 5 heteroatoms. The first kappa shape index (κ1) is 19.5. The van der Waals surface area contributed by atoms with E-state index in [2.05, 4.69) is 48.0 Å². The lowest BCUT2D eigenvalue weighted by Gasteiger charge is -2.12. The van der Waals surface area contributed by atoms with E-state index in [-0.39, 0.29) is 11.8 Å². The van der Waals surface area contributed by atoms with Gasteiger partial charge in [0.1, 0.15) is 11.6 Å². The van der Waals surface area contributed by atoms with Crippen molar-refractivity contribution in [3.63, 3.8) is 0 Å². The second-order valence-electron chi connectivity index (χ2n) is 7.95. The Hall–Kier alpha value is -2.82. The average molecular weight is 392 g/mol. The summed E-state index contributed by atoms with van der Waals surface area (Å²) in [5.41, 5.74) is 4.52. The van der Waals surface area contributed by atoms with E-state index in [1.807, 2.05) is 18.2 Å². The number of fused-ring (bicyclic) bond motifs is 1. The molecular formula is C24H29N3O2. The van der Waals surface area contributed by atoms with Crippen molar-refractivity contribution < 1.29 is 9.53 Å². The Kier molecular flexibility index (Phi) is 5.84. The van der Waals surface area contributed by atoms with Crippen LogP contribution in [0.2, 0.25) is 0 Å². The Morgan fingerprint density at radius 2 is 2.03 bits per heavy atom. The molecule has 1 aliphatic rings. The van der Waals surface area contributed by atoms with Crippen LogP contribution in [0.4, 0.5) is 0 Å². The highest BCUT2D eigenvalue weighted by atomic mass is 16.5. The third-order valence-electron chi connectivity index (χ3n) is 5.46. The van der Waals surface area contributed by atoms with E-state index in [1.54, 1.807) is 0 Å². The topological polar surface area (TPSA) is 56.1 Å². The molecule has 0 spiro atoms. The van der Waals surface area contributed by atoms with Crippen LogP contribution in [0.3, 0.4) is 0 Å². The molecule has 0 bridgehead atoms. The number of ether oxygens (including phenoxy) is 1. The number of hydrogen-bond donors (Lipinski definition) is 1. The lowest BCUT2D eigenvalue weighted by molar-refractivity contribution is -0.122. The maximum Gasteiger partial charge on any atom is 0.223 e. The van der Waals surface area contributed by atoms with E-state index in [9.17, 15) is 4.79 Å². The van der Waals surface area contributed by atoms with E-state index >= 15 is 0 Å². The van der Waals surface area contributed by atoms with Crippen LogP contribution in [0, 0.1) is 19.8 Å². The van der Waals surface area contributed by atoms with Gasteiger partial charge in [-0.2, -0.15) is 0 Å². The number of nitrogens with zero attached hydrogens (tertiary/aromatic N) is 2. The molecule has 1 aromatic heterocycles. The lowest BCUT2D eigenvalue weighted by atomic mass is 10.1. The van der Waals surface area contributed by atoms with Crippen molar-refractivity contribution in [1.29, 1.82) is 0 Å². The molecule has 2 aromatic carbocycles. The maximum absolute atomic E-state index is 11.9. The van der Waals surface area contributed by atoms with Gasteiger partial charge in [0.25, 0.3) is 0 Å². The number of rotatable bonds is 9. The average Bonchev–Trinajstić information content (AvgIpc) is 3.51. The number of benzene rings is 2. The van der Waals surface area contributed by atoms with Gasteiger partial charge >= 0.3 is 0 Å². The first-order valence-corrected chi connectivity index (χ1v) is 10.5. The van der Waals surface area contributed by atoms with Crippen LogP contribution in [-0.2, 0) is 17.8 Å². The van der Waals surface area contributed by atoms with Crippen LogP contribution in [-0.4, -0.2) is 28.6 Å². The van der Waals surface area contributed by atoms with E-state index in [0.717, 1.165) is 60.4 Å². The molecule has 5 nitrogen and oxygen atoms in total. The minimum atomic E-state index is 0.189. The van der Waals surface area contributed by atoms with E-state index in [1.165, 1.54) is 5.56 Å². The van der Waals surface area contributed by atoms with Crippen molar-refractivity contribution in [2.45, 2.75) is 46.1 Å². The summed E-state index contributed by atoms with van der Waals surface area (Å²) in [5.74, 6) is 2.42. The SMILES string of the molecule is Cc1ccc(C)c(OCCCn2c(CCNC(=O)C3CC3)nc3ccccc32)c1. The fourth-order valence-corrected chi connectivity index (χ4v) is 3.62. The van der Waals surface area contributed by atoms with E-state index in [4.69, 9.17) is 9.72 Å². The fraction of sp³-hybridized carbons (Fsp3) is 0.417. The van der Waals surface area contributed by atoms with Crippen molar-refractivity contribution in [3.8, 4) is 5.75 Å². The third-order valence-corrected chi connectivity index (χ3v) is 5.46. The fourth-order valence-electron chi connectivity index (χ4n) is 3.62. The van der Waals surface area contributed by atoms with E-state index < -0.39 is 0 Å². The molecule has 0 saturated heterocycles. The Bertz CT molecular complexity index is 1000. The summed E-state index contributed by atoms with van der Waals surface area (Å²) in [7, 11) is 0. The van der Waals surface area contributed by atoms with Gasteiger partial charge in [-0.25, -0.2) is 4.98 Å². The summed E-state index contributed by atoms with van der Waals surface area (Å²) in [6, 6.07) is 14.5. The highest BCUT2D eigenvalue weighted by Crippen LogP contribution is 2.28. The number of imidazole rings is 1. The standard InChI is InChI=1S/C24H29N3O2/c1-17-8-9-18(2)22(16-17)29-15-5-14-27-21-7-4-3-6-20(21)26-23(27)12-13-25-24(28)19-10-11-19/h3-4,6-9,16,19H,5,10-15H2,1-2H3,(H,25,28). The summed E-state index contributed by atoms with van der Waals surface area (Å²) >= 11 is 0. The molecule has 29 heavy (non-hydrogen) atoms. The van der Waals surface area contributed by atoms with Crippen molar-refractivity contribution in [2.24, 2.45) is 5.92 Å². The number of amides is 1. The highest BCUT2D eigenvalue weighted by molar-refractivity contribution is 5.80. The van der Waals surface area contributed by atoms with Crippen LogP contribution >= 0.6 is 0 Å². The van der Waals surface area contributed by atoms with Gasteiger partial charge in [-0.15, -0.1) is 0 Å². The Morgan fingerprint density at radius 1 is 1.21 bits per heavy atom. The van der Waals surface area contributed by atoms with Gasteiger partial charge in [-0.1, -0.05) is 24.3 Å². The van der Waals surface area contributed by atoms with Crippen LogP contribution in [0.25, 0.3) is 11.0 Å². The summed E-state index contributed by atoms with van der Waals surface area (Å²) in [6.45, 7) is 6.30. The summed E-state index contributed by atoms with van der Waals surface area (Å²) < 4.78 is 8.29. The molecule has 0 unspecified atom stereocenters. The zero-order valence-corrected chi connectivity index (χ0v) is 17.3. The molecule has 1 heterocycles.